The highest BCUT2D eigenvalue weighted by molar-refractivity contribution is 4.87. The molecule has 72 valence electrons. The summed E-state index contributed by atoms with van der Waals surface area (Å²) in [4.78, 5) is 10.2. The van der Waals surface area contributed by atoms with Crippen molar-refractivity contribution < 1.29 is 0 Å². The molecule has 0 aromatic carbocycles. The van der Waals surface area contributed by atoms with Gasteiger partial charge in [-0.25, -0.2) is 0 Å². The fourth-order valence-corrected chi connectivity index (χ4v) is 1.54. The van der Waals surface area contributed by atoms with Crippen molar-refractivity contribution in [3.8, 4) is 0 Å². The van der Waals surface area contributed by atoms with E-state index in [4.69, 9.17) is 5.73 Å². The van der Waals surface area contributed by atoms with Crippen molar-refractivity contribution in [2.75, 3.05) is 0 Å². The minimum atomic E-state index is -0.122. The topological polar surface area (TPSA) is 55.5 Å². The second-order valence-electron chi connectivity index (χ2n) is 3.16. The average molecular weight is 172 g/mol. The van der Waals surface area contributed by atoms with Crippen molar-refractivity contribution in [1.82, 2.24) is 0 Å². The number of nitrogens with two attached hydrogens (primary N) is 1. The number of hydrogen-bond acceptors (Lipinski definition) is 3. The molecule has 0 heterocycles. The quantitative estimate of drug-likeness (QED) is 0.617. The fourth-order valence-electron chi connectivity index (χ4n) is 1.54. The van der Waals surface area contributed by atoms with Gasteiger partial charge in [0.25, 0.3) is 0 Å². The molecule has 0 aromatic rings. The minimum absolute atomic E-state index is 0.00579. The van der Waals surface area contributed by atoms with E-state index in [0.29, 0.717) is 5.92 Å². The highest BCUT2D eigenvalue weighted by Gasteiger charge is 2.27. The van der Waals surface area contributed by atoms with Gasteiger partial charge in [-0.1, -0.05) is 32.4 Å². The van der Waals surface area contributed by atoms with Gasteiger partial charge in [-0.3, -0.25) is 0 Å². The molecule has 0 amide bonds. The van der Waals surface area contributed by atoms with Crippen LogP contribution >= 0.6 is 0 Å². The van der Waals surface area contributed by atoms with Crippen LogP contribution in [0.25, 0.3) is 0 Å². The van der Waals surface area contributed by atoms with Crippen LogP contribution in [0.3, 0.4) is 0 Å². The molecule has 1 aliphatic rings. The summed E-state index contributed by atoms with van der Waals surface area (Å²) >= 11 is 0. The van der Waals surface area contributed by atoms with Gasteiger partial charge in [0, 0.05) is 6.04 Å². The second-order valence-corrected chi connectivity index (χ2v) is 3.16. The summed E-state index contributed by atoms with van der Waals surface area (Å²) in [5.41, 5.74) is 5.74. The monoisotopic (exact) mass is 172 g/mol. The molecule has 0 aromatic heterocycles. The lowest BCUT2D eigenvalue weighted by Gasteiger charge is -2.28. The Morgan fingerprint density at radius 2 is 1.92 bits per heavy atom. The Morgan fingerprint density at radius 1 is 1.33 bits per heavy atom. The first-order valence-electron chi connectivity index (χ1n) is 4.83. The largest absolute Gasteiger partial charge is 0.326 e. The Kier molecular flexibility index (Phi) is 5.89. The summed E-state index contributed by atoms with van der Waals surface area (Å²) in [5.74, 6) is 0.469. The standard InChI is InChI=1S/C7H14N2O.C2H6/c1-5-3-2-4-6(9-10)7(5)8;1-2/h5-7H,2-4,8H2,1H3;1-2H3. The molecule has 3 unspecified atom stereocenters. The Morgan fingerprint density at radius 3 is 2.33 bits per heavy atom. The molecule has 2 N–H and O–H groups in total. The van der Waals surface area contributed by atoms with Crippen molar-refractivity contribution >= 4 is 0 Å². The summed E-state index contributed by atoms with van der Waals surface area (Å²) in [5, 5.41) is 3.00. The third-order valence-corrected chi connectivity index (χ3v) is 2.40. The Balaban J connectivity index is 0.000000561. The lowest BCUT2D eigenvalue weighted by Crippen LogP contribution is -2.41. The van der Waals surface area contributed by atoms with Gasteiger partial charge in [-0.15, -0.1) is 0 Å². The molecule has 1 fully saturated rings. The summed E-state index contributed by atoms with van der Waals surface area (Å²) < 4.78 is 0. The van der Waals surface area contributed by atoms with E-state index in [9.17, 15) is 4.91 Å². The van der Waals surface area contributed by atoms with Crippen LogP contribution in [-0.4, -0.2) is 12.1 Å². The summed E-state index contributed by atoms with van der Waals surface area (Å²) in [6, 6.07) is -0.116. The van der Waals surface area contributed by atoms with Crippen LogP contribution in [-0.2, 0) is 0 Å². The minimum Gasteiger partial charge on any atom is -0.326 e. The molecule has 0 saturated heterocycles. The molecule has 3 heteroatoms. The van der Waals surface area contributed by atoms with Crippen molar-refractivity contribution in [3.05, 3.63) is 4.91 Å². The maximum absolute atomic E-state index is 10.2. The van der Waals surface area contributed by atoms with E-state index in [2.05, 4.69) is 12.1 Å². The van der Waals surface area contributed by atoms with E-state index in [1.165, 1.54) is 0 Å². The summed E-state index contributed by atoms with van der Waals surface area (Å²) in [6.07, 6.45) is 3.13. The third kappa shape index (κ3) is 2.89. The molecule has 3 atom stereocenters. The first-order valence-corrected chi connectivity index (χ1v) is 4.83. The highest BCUT2D eigenvalue weighted by Crippen LogP contribution is 2.24. The average Bonchev–Trinajstić information content (AvgIpc) is 2.13. The highest BCUT2D eigenvalue weighted by atomic mass is 16.3. The van der Waals surface area contributed by atoms with E-state index >= 15 is 0 Å². The van der Waals surface area contributed by atoms with Crippen LogP contribution in [0.15, 0.2) is 5.18 Å². The number of hydrogen-bond donors (Lipinski definition) is 1. The smallest absolute Gasteiger partial charge is 0.107 e. The van der Waals surface area contributed by atoms with Crippen molar-refractivity contribution in [2.24, 2.45) is 16.8 Å². The molecular weight excluding hydrogens is 152 g/mol. The maximum Gasteiger partial charge on any atom is 0.107 e. The zero-order valence-corrected chi connectivity index (χ0v) is 8.29. The molecule has 0 spiro atoms. The van der Waals surface area contributed by atoms with Gasteiger partial charge in [0.05, 0.1) is 0 Å². The number of rotatable bonds is 1. The SMILES string of the molecule is CC.CC1CCCC(N=O)C1N. The fraction of sp³-hybridized carbons (Fsp3) is 1.00. The number of nitroso groups, excluding NO2 is 1. The second kappa shape index (κ2) is 6.12. The van der Waals surface area contributed by atoms with E-state index in [0.717, 1.165) is 19.3 Å². The zero-order chi connectivity index (χ0) is 9.56. The van der Waals surface area contributed by atoms with E-state index in [1.807, 2.05) is 13.8 Å². The van der Waals surface area contributed by atoms with E-state index < -0.39 is 0 Å². The van der Waals surface area contributed by atoms with Crippen LogP contribution in [0.2, 0.25) is 0 Å². The van der Waals surface area contributed by atoms with Gasteiger partial charge in [-0.05, 0) is 18.8 Å². The van der Waals surface area contributed by atoms with Gasteiger partial charge >= 0.3 is 0 Å². The van der Waals surface area contributed by atoms with Crippen LogP contribution in [0.5, 0.6) is 0 Å². The Hall–Kier alpha value is -0.440. The lowest BCUT2D eigenvalue weighted by molar-refractivity contribution is 0.293. The van der Waals surface area contributed by atoms with Crippen molar-refractivity contribution in [2.45, 2.75) is 52.1 Å². The molecule has 3 nitrogen and oxygen atoms in total. The van der Waals surface area contributed by atoms with Gasteiger partial charge in [0.1, 0.15) is 6.04 Å². The van der Waals surface area contributed by atoms with Gasteiger partial charge in [0.15, 0.2) is 0 Å². The maximum atomic E-state index is 10.2. The molecule has 1 saturated carbocycles. The Labute approximate surface area is 74.7 Å². The molecular formula is C9H20N2O. The van der Waals surface area contributed by atoms with E-state index in [1.54, 1.807) is 0 Å². The molecule has 1 aliphatic carbocycles. The van der Waals surface area contributed by atoms with Crippen LogP contribution in [0.4, 0.5) is 0 Å². The van der Waals surface area contributed by atoms with Gasteiger partial charge in [-0.2, -0.15) is 4.91 Å². The van der Waals surface area contributed by atoms with Crippen molar-refractivity contribution in [1.29, 1.82) is 0 Å². The predicted molar refractivity (Wildman–Crippen MR) is 51.9 cm³/mol. The summed E-state index contributed by atoms with van der Waals surface area (Å²) in [6.45, 7) is 6.09. The van der Waals surface area contributed by atoms with E-state index in [-0.39, 0.29) is 12.1 Å². The van der Waals surface area contributed by atoms with Gasteiger partial charge in [0.2, 0.25) is 0 Å². The Bertz CT molecular complexity index is 128. The molecule has 0 aliphatic heterocycles. The normalized spacial score (nSPS) is 34.8. The van der Waals surface area contributed by atoms with Crippen LogP contribution in [0, 0.1) is 10.8 Å². The predicted octanol–water partition coefficient (Wildman–Crippen LogP) is 2.29. The molecule has 0 radical (unpaired) electrons. The number of nitrogens with zero attached hydrogens (tertiary/aromatic N) is 1. The lowest BCUT2D eigenvalue weighted by atomic mass is 9.83. The first kappa shape index (κ1) is 11.6. The molecule has 1 rings (SSSR count). The molecule has 0 bridgehead atoms. The summed E-state index contributed by atoms with van der Waals surface area (Å²) in [7, 11) is 0. The van der Waals surface area contributed by atoms with Crippen LogP contribution < -0.4 is 5.73 Å². The van der Waals surface area contributed by atoms with Crippen LogP contribution in [0.1, 0.15) is 40.0 Å². The molecule has 12 heavy (non-hydrogen) atoms. The third-order valence-electron chi connectivity index (χ3n) is 2.40. The van der Waals surface area contributed by atoms with Gasteiger partial charge < -0.3 is 5.73 Å². The first-order chi connectivity index (χ1) is 5.75. The van der Waals surface area contributed by atoms with Crippen molar-refractivity contribution in [3.63, 3.8) is 0 Å². The zero-order valence-electron chi connectivity index (χ0n) is 8.29.